The first-order valence-corrected chi connectivity index (χ1v) is 6.15. The predicted molar refractivity (Wildman–Crippen MR) is 77.4 cm³/mol. The smallest absolute Gasteiger partial charge is 0.338 e. The zero-order valence-electron chi connectivity index (χ0n) is 10.9. The van der Waals surface area contributed by atoms with Crippen molar-refractivity contribution < 1.29 is 14.6 Å². The number of nitrogens with zero attached hydrogens (tertiary/aromatic N) is 2. The Morgan fingerprint density at radius 2 is 2.00 bits per heavy atom. The number of fused-ring (bicyclic) bond motifs is 1. The van der Waals surface area contributed by atoms with Gasteiger partial charge >= 0.3 is 5.97 Å². The largest absolute Gasteiger partial charge is 0.478 e. The second-order valence-electron chi connectivity index (χ2n) is 4.34. The molecule has 0 unspecified atom stereocenters. The molecule has 0 fully saturated rings. The van der Waals surface area contributed by atoms with Crippen molar-refractivity contribution in [2.24, 2.45) is 0 Å². The first kappa shape index (κ1) is 12.9. The summed E-state index contributed by atoms with van der Waals surface area (Å²) in [5.41, 5.74) is 6.48. The number of ether oxygens (including phenoxy) is 1. The topological polar surface area (TPSA) is 98.3 Å². The van der Waals surface area contributed by atoms with Gasteiger partial charge in [0.1, 0.15) is 11.4 Å². The Morgan fingerprint density at radius 3 is 2.81 bits per heavy atom. The molecular formula is C15H11N3O3. The molecule has 0 bridgehead atoms. The van der Waals surface area contributed by atoms with Crippen LogP contribution in [0.3, 0.4) is 0 Å². The van der Waals surface area contributed by atoms with Crippen molar-refractivity contribution >= 4 is 22.6 Å². The monoisotopic (exact) mass is 281 g/mol. The Labute approximate surface area is 119 Å². The fourth-order valence-corrected chi connectivity index (χ4v) is 1.94. The molecule has 0 spiro atoms. The SMILES string of the molecule is Nc1c(C(=O)O)ccnc1Oc1ccc2cccnc2c1. The van der Waals surface area contributed by atoms with Crippen LogP contribution in [-0.2, 0) is 0 Å². The number of hydrogen-bond donors (Lipinski definition) is 2. The van der Waals surface area contributed by atoms with Gasteiger partial charge in [-0.2, -0.15) is 0 Å². The van der Waals surface area contributed by atoms with Gasteiger partial charge in [0.15, 0.2) is 0 Å². The summed E-state index contributed by atoms with van der Waals surface area (Å²) in [7, 11) is 0. The highest BCUT2D eigenvalue weighted by Crippen LogP contribution is 2.29. The number of carboxylic acid groups (broad SMARTS) is 1. The van der Waals surface area contributed by atoms with E-state index in [1.54, 1.807) is 18.3 Å². The molecule has 0 aliphatic heterocycles. The lowest BCUT2D eigenvalue weighted by Gasteiger charge is -2.09. The number of pyridine rings is 2. The molecule has 0 aliphatic rings. The third-order valence-corrected chi connectivity index (χ3v) is 2.98. The standard InChI is InChI=1S/C15H11N3O3/c16-13-11(15(19)20)5-7-18-14(13)21-10-4-3-9-2-1-6-17-12(9)8-10/h1-8H,16H2,(H,19,20). The average Bonchev–Trinajstić information content (AvgIpc) is 2.49. The lowest BCUT2D eigenvalue weighted by atomic mass is 10.2. The second-order valence-corrected chi connectivity index (χ2v) is 4.34. The lowest BCUT2D eigenvalue weighted by Crippen LogP contribution is -2.05. The number of carbonyl (C=O) groups is 1. The fourth-order valence-electron chi connectivity index (χ4n) is 1.94. The number of nitrogen functional groups attached to an aromatic ring is 1. The molecule has 0 saturated heterocycles. The summed E-state index contributed by atoms with van der Waals surface area (Å²) in [5.74, 6) is -0.576. The van der Waals surface area contributed by atoms with E-state index in [-0.39, 0.29) is 17.1 Å². The summed E-state index contributed by atoms with van der Waals surface area (Å²) in [5, 5.41) is 10.0. The molecule has 3 N–H and O–H groups in total. The molecule has 6 nitrogen and oxygen atoms in total. The molecule has 21 heavy (non-hydrogen) atoms. The van der Waals surface area contributed by atoms with Crippen molar-refractivity contribution in [2.45, 2.75) is 0 Å². The van der Waals surface area contributed by atoms with Gasteiger partial charge in [0.25, 0.3) is 0 Å². The zero-order chi connectivity index (χ0) is 14.8. The van der Waals surface area contributed by atoms with Crippen LogP contribution in [0.1, 0.15) is 10.4 Å². The molecule has 0 radical (unpaired) electrons. The van der Waals surface area contributed by atoms with Gasteiger partial charge in [-0.3, -0.25) is 4.98 Å². The van der Waals surface area contributed by atoms with Gasteiger partial charge in [-0.25, -0.2) is 9.78 Å². The number of anilines is 1. The number of benzene rings is 1. The molecule has 0 saturated carbocycles. The van der Waals surface area contributed by atoms with Gasteiger partial charge in [-0.05, 0) is 24.3 Å². The molecule has 0 aliphatic carbocycles. The van der Waals surface area contributed by atoms with Crippen molar-refractivity contribution in [1.29, 1.82) is 0 Å². The second kappa shape index (κ2) is 5.09. The van der Waals surface area contributed by atoms with Crippen molar-refractivity contribution in [2.75, 3.05) is 5.73 Å². The maximum Gasteiger partial charge on any atom is 0.338 e. The normalized spacial score (nSPS) is 10.5. The van der Waals surface area contributed by atoms with Gasteiger partial charge in [0, 0.05) is 23.8 Å². The Morgan fingerprint density at radius 1 is 1.14 bits per heavy atom. The number of nitrogens with two attached hydrogens (primary N) is 1. The number of aromatic carboxylic acids is 1. The number of hydrogen-bond acceptors (Lipinski definition) is 5. The van der Waals surface area contributed by atoms with Crippen LogP contribution in [0.5, 0.6) is 11.6 Å². The molecular weight excluding hydrogens is 270 g/mol. The molecule has 2 heterocycles. The molecule has 6 heteroatoms. The van der Waals surface area contributed by atoms with Crippen LogP contribution in [0.25, 0.3) is 10.9 Å². The summed E-state index contributed by atoms with van der Waals surface area (Å²) < 4.78 is 5.57. The van der Waals surface area contributed by atoms with E-state index in [0.29, 0.717) is 5.75 Å². The summed E-state index contributed by atoms with van der Waals surface area (Å²) in [6, 6.07) is 10.5. The quantitative estimate of drug-likeness (QED) is 0.765. The van der Waals surface area contributed by atoms with Gasteiger partial charge in [-0.1, -0.05) is 6.07 Å². The van der Waals surface area contributed by atoms with E-state index >= 15 is 0 Å². The van der Waals surface area contributed by atoms with Gasteiger partial charge < -0.3 is 15.6 Å². The number of carboxylic acids is 1. The minimum Gasteiger partial charge on any atom is -0.478 e. The predicted octanol–water partition coefficient (Wildman–Crippen LogP) is 2.70. The van der Waals surface area contributed by atoms with E-state index in [1.165, 1.54) is 12.3 Å². The minimum absolute atomic E-state index is 0.00822. The first-order valence-electron chi connectivity index (χ1n) is 6.15. The average molecular weight is 281 g/mol. The van der Waals surface area contributed by atoms with E-state index in [2.05, 4.69) is 9.97 Å². The third-order valence-electron chi connectivity index (χ3n) is 2.98. The van der Waals surface area contributed by atoms with Crippen molar-refractivity contribution in [3.05, 3.63) is 54.4 Å². The highest BCUT2D eigenvalue weighted by Gasteiger charge is 2.14. The van der Waals surface area contributed by atoms with Crippen LogP contribution in [-0.4, -0.2) is 21.0 Å². The zero-order valence-corrected chi connectivity index (χ0v) is 10.9. The molecule has 0 atom stereocenters. The maximum atomic E-state index is 11.0. The van der Waals surface area contributed by atoms with Crippen molar-refractivity contribution in [3.8, 4) is 11.6 Å². The first-order chi connectivity index (χ1) is 10.1. The Balaban J connectivity index is 1.98. The number of aromatic nitrogens is 2. The highest BCUT2D eigenvalue weighted by molar-refractivity contribution is 5.94. The van der Waals surface area contributed by atoms with E-state index in [9.17, 15) is 4.79 Å². The van der Waals surface area contributed by atoms with E-state index in [0.717, 1.165) is 10.9 Å². The van der Waals surface area contributed by atoms with Gasteiger partial charge in [-0.15, -0.1) is 0 Å². The van der Waals surface area contributed by atoms with Crippen molar-refractivity contribution in [3.63, 3.8) is 0 Å². The van der Waals surface area contributed by atoms with E-state index < -0.39 is 5.97 Å². The molecule has 2 aromatic heterocycles. The summed E-state index contributed by atoms with van der Waals surface area (Å²) >= 11 is 0. The van der Waals surface area contributed by atoms with Crippen LogP contribution in [0, 0.1) is 0 Å². The lowest BCUT2D eigenvalue weighted by molar-refractivity contribution is 0.0697. The minimum atomic E-state index is -1.13. The van der Waals surface area contributed by atoms with E-state index in [1.807, 2.05) is 18.2 Å². The molecule has 1 aromatic carbocycles. The fraction of sp³-hybridized carbons (Fsp3) is 0. The third kappa shape index (κ3) is 2.46. The summed E-state index contributed by atoms with van der Waals surface area (Å²) in [6.45, 7) is 0. The van der Waals surface area contributed by atoms with Gasteiger partial charge in [0.05, 0.1) is 11.1 Å². The van der Waals surface area contributed by atoms with Gasteiger partial charge in [0.2, 0.25) is 5.88 Å². The maximum absolute atomic E-state index is 11.0. The van der Waals surface area contributed by atoms with Crippen LogP contribution in [0.2, 0.25) is 0 Å². The molecule has 0 amide bonds. The molecule has 3 aromatic rings. The molecule has 3 rings (SSSR count). The van der Waals surface area contributed by atoms with Crippen molar-refractivity contribution in [1.82, 2.24) is 9.97 Å². The number of rotatable bonds is 3. The summed E-state index contributed by atoms with van der Waals surface area (Å²) in [4.78, 5) is 19.2. The van der Waals surface area contributed by atoms with E-state index in [4.69, 9.17) is 15.6 Å². The van der Waals surface area contributed by atoms with Crippen LogP contribution < -0.4 is 10.5 Å². The molecule has 104 valence electrons. The Hall–Kier alpha value is -3.15. The highest BCUT2D eigenvalue weighted by atomic mass is 16.5. The summed E-state index contributed by atoms with van der Waals surface area (Å²) in [6.07, 6.45) is 3.03. The van der Waals surface area contributed by atoms with Crippen LogP contribution >= 0.6 is 0 Å². The Bertz CT molecular complexity index is 833. The van der Waals surface area contributed by atoms with Crippen LogP contribution in [0.4, 0.5) is 5.69 Å². The van der Waals surface area contributed by atoms with Crippen LogP contribution in [0.15, 0.2) is 48.8 Å². The Kier molecular flexibility index (Phi) is 3.12.